The molecule has 0 aromatic rings. The Morgan fingerprint density at radius 2 is 2.00 bits per heavy atom. The molecule has 0 aliphatic carbocycles. The lowest BCUT2D eigenvalue weighted by Crippen LogP contribution is -2.46. The molecule has 2 saturated heterocycles. The van der Waals surface area contributed by atoms with Crippen molar-refractivity contribution in [1.82, 2.24) is 10.2 Å². The van der Waals surface area contributed by atoms with Gasteiger partial charge in [-0.2, -0.15) is 0 Å². The summed E-state index contributed by atoms with van der Waals surface area (Å²) < 4.78 is 5.33. The fourth-order valence-corrected chi connectivity index (χ4v) is 2.19. The van der Waals surface area contributed by atoms with Crippen LogP contribution in [-0.2, 0) is 4.74 Å². The molecule has 2 heterocycles. The highest BCUT2D eigenvalue weighted by Gasteiger charge is 2.29. The molecule has 12 heavy (non-hydrogen) atoms. The van der Waals surface area contributed by atoms with Crippen molar-refractivity contribution in [3.63, 3.8) is 0 Å². The topological polar surface area (TPSA) is 24.5 Å². The summed E-state index contributed by atoms with van der Waals surface area (Å²) in [6.07, 6.45) is 0. The van der Waals surface area contributed by atoms with Crippen LogP contribution in [0.15, 0.2) is 0 Å². The fraction of sp³-hybridized carbons (Fsp3) is 1.00. The summed E-state index contributed by atoms with van der Waals surface area (Å²) in [4.78, 5) is 2.56. The molecule has 0 amide bonds. The van der Waals surface area contributed by atoms with Crippen molar-refractivity contribution in [3.05, 3.63) is 0 Å². The summed E-state index contributed by atoms with van der Waals surface area (Å²) in [6.45, 7) is 8.77. The zero-order valence-electron chi connectivity index (χ0n) is 7.75. The van der Waals surface area contributed by atoms with Crippen LogP contribution in [0.4, 0.5) is 0 Å². The highest BCUT2D eigenvalue weighted by atomic mass is 16.5. The lowest BCUT2D eigenvalue weighted by Gasteiger charge is -2.33. The largest absolute Gasteiger partial charge is 0.379 e. The molecule has 70 valence electrons. The Labute approximate surface area is 74.1 Å². The zero-order valence-corrected chi connectivity index (χ0v) is 7.75. The van der Waals surface area contributed by atoms with Crippen molar-refractivity contribution in [2.75, 3.05) is 39.4 Å². The molecule has 3 nitrogen and oxygen atoms in total. The summed E-state index contributed by atoms with van der Waals surface area (Å²) in [5.41, 5.74) is 0. The van der Waals surface area contributed by atoms with Gasteiger partial charge in [-0.1, -0.05) is 6.92 Å². The molecule has 2 atom stereocenters. The van der Waals surface area contributed by atoms with Gasteiger partial charge in [-0.25, -0.2) is 0 Å². The van der Waals surface area contributed by atoms with E-state index >= 15 is 0 Å². The molecule has 0 aromatic heterocycles. The van der Waals surface area contributed by atoms with Gasteiger partial charge in [0.15, 0.2) is 0 Å². The van der Waals surface area contributed by atoms with Crippen molar-refractivity contribution in [2.24, 2.45) is 5.92 Å². The van der Waals surface area contributed by atoms with Crippen LogP contribution in [-0.4, -0.2) is 50.3 Å². The number of morpholine rings is 1. The first kappa shape index (κ1) is 8.48. The summed E-state index contributed by atoms with van der Waals surface area (Å²) >= 11 is 0. The van der Waals surface area contributed by atoms with Gasteiger partial charge in [-0.05, 0) is 12.5 Å². The van der Waals surface area contributed by atoms with Crippen LogP contribution in [0.25, 0.3) is 0 Å². The Morgan fingerprint density at radius 1 is 1.25 bits per heavy atom. The van der Waals surface area contributed by atoms with Crippen molar-refractivity contribution < 1.29 is 4.74 Å². The smallest absolute Gasteiger partial charge is 0.0594 e. The standard InChI is InChI=1S/C9H18N2O/c1-8-6-10-7-9(8)11-2-4-12-5-3-11/h8-10H,2-7H2,1H3/t8-,9-/m1/s1. The SMILES string of the molecule is C[C@@H]1CNC[C@H]1N1CCOCC1. The Kier molecular flexibility index (Phi) is 2.63. The molecule has 0 spiro atoms. The predicted molar refractivity (Wildman–Crippen MR) is 48.2 cm³/mol. The minimum absolute atomic E-state index is 0.758. The molecule has 0 saturated carbocycles. The van der Waals surface area contributed by atoms with Gasteiger partial charge in [0.25, 0.3) is 0 Å². The summed E-state index contributed by atoms with van der Waals surface area (Å²) in [5, 5.41) is 3.44. The first-order chi connectivity index (χ1) is 5.88. The van der Waals surface area contributed by atoms with E-state index in [2.05, 4.69) is 17.1 Å². The second-order valence-electron chi connectivity index (χ2n) is 3.85. The number of ether oxygens (including phenoxy) is 1. The Bertz CT molecular complexity index is 145. The van der Waals surface area contributed by atoms with E-state index in [0.717, 1.165) is 38.3 Å². The van der Waals surface area contributed by atoms with Gasteiger partial charge in [-0.15, -0.1) is 0 Å². The third-order valence-corrected chi connectivity index (χ3v) is 2.99. The van der Waals surface area contributed by atoms with Gasteiger partial charge in [0, 0.05) is 25.7 Å². The van der Waals surface area contributed by atoms with Gasteiger partial charge in [0.1, 0.15) is 0 Å². The van der Waals surface area contributed by atoms with Crippen LogP contribution in [0.1, 0.15) is 6.92 Å². The number of hydrogen-bond donors (Lipinski definition) is 1. The Morgan fingerprint density at radius 3 is 2.58 bits per heavy atom. The van der Waals surface area contributed by atoms with Crippen LogP contribution in [0.2, 0.25) is 0 Å². The molecule has 2 rings (SSSR count). The van der Waals surface area contributed by atoms with E-state index in [1.165, 1.54) is 13.1 Å². The molecule has 0 unspecified atom stereocenters. The average Bonchev–Trinajstić information content (AvgIpc) is 2.53. The predicted octanol–water partition coefficient (Wildman–Crippen LogP) is -0.0735. The monoisotopic (exact) mass is 170 g/mol. The third-order valence-electron chi connectivity index (χ3n) is 2.99. The van der Waals surface area contributed by atoms with Gasteiger partial charge in [0.05, 0.1) is 13.2 Å². The number of nitrogens with one attached hydrogen (secondary N) is 1. The van der Waals surface area contributed by atoms with E-state index in [1.54, 1.807) is 0 Å². The van der Waals surface area contributed by atoms with Gasteiger partial charge in [-0.3, -0.25) is 4.90 Å². The molecule has 0 bridgehead atoms. The van der Waals surface area contributed by atoms with Crippen molar-refractivity contribution in [3.8, 4) is 0 Å². The molecular formula is C9H18N2O. The van der Waals surface area contributed by atoms with Crippen LogP contribution >= 0.6 is 0 Å². The second kappa shape index (κ2) is 3.73. The quantitative estimate of drug-likeness (QED) is 0.596. The number of hydrogen-bond acceptors (Lipinski definition) is 3. The second-order valence-corrected chi connectivity index (χ2v) is 3.85. The average molecular weight is 170 g/mol. The first-order valence-electron chi connectivity index (χ1n) is 4.90. The van der Waals surface area contributed by atoms with Crippen LogP contribution in [0, 0.1) is 5.92 Å². The lowest BCUT2D eigenvalue weighted by atomic mass is 10.0. The molecular weight excluding hydrogens is 152 g/mol. The van der Waals surface area contributed by atoms with Crippen molar-refractivity contribution in [1.29, 1.82) is 0 Å². The molecule has 0 radical (unpaired) electrons. The van der Waals surface area contributed by atoms with Crippen LogP contribution in [0.3, 0.4) is 0 Å². The third kappa shape index (κ3) is 1.63. The Balaban J connectivity index is 1.89. The minimum Gasteiger partial charge on any atom is -0.379 e. The van der Waals surface area contributed by atoms with Gasteiger partial charge >= 0.3 is 0 Å². The summed E-state index contributed by atoms with van der Waals surface area (Å²) in [6, 6.07) is 0.758. The van der Waals surface area contributed by atoms with Crippen molar-refractivity contribution in [2.45, 2.75) is 13.0 Å². The fourth-order valence-electron chi connectivity index (χ4n) is 2.19. The normalized spacial score (nSPS) is 38.8. The Hall–Kier alpha value is -0.120. The number of nitrogens with zero attached hydrogens (tertiary/aromatic N) is 1. The first-order valence-corrected chi connectivity index (χ1v) is 4.90. The highest BCUT2D eigenvalue weighted by Crippen LogP contribution is 2.16. The van der Waals surface area contributed by atoms with E-state index < -0.39 is 0 Å². The van der Waals surface area contributed by atoms with E-state index in [0.29, 0.717) is 0 Å². The summed E-state index contributed by atoms with van der Waals surface area (Å²) in [7, 11) is 0. The lowest BCUT2D eigenvalue weighted by molar-refractivity contribution is 0.0132. The van der Waals surface area contributed by atoms with Crippen molar-refractivity contribution >= 4 is 0 Å². The van der Waals surface area contributed by atoms with E-state index in [4.69, 9.17) is 4.74 Å². The maximum absolute atomic E-state index is 5.33. The highest BCUT2D eigenvalue weighted by molar-refractivity contribution is 4.86. The van der Waals surface area contributed by atoms with Gasteiger partial charge in [0.2, 0.25) is 0 Å². The molecule has 2 aliphatic heterocycles. The molecule has 3 heteroatoms. The molecule has 2 aliphatic rings. The summed E-state index contributed by atoms with van der Waals surface area (Å²) in [5.74, 6) is 0.808. The molecule has 0 aromatic carbocycles. The van der Waals surface area contributed by atoms with Gasteiger partial charge < -0.3 is 10.1 Å². The molecule has 2 fully saturated rings. The van der Waals surface area contributed by atoms with E-state index in [-0.39, 0.29) is 0 Å². The maximum Gasteiger partial charge on any atom is 0.0594 e. The molecule has 1 N–H and O–H groups in total. The van der Waals surface area contributed by atoms with E-state index in [9.17, 15) is 0 Å². The van der Waals surface area contributed by atoms with Crippen LogP contribution in [0.5, 0.6) is 0 Å². The van der Waals surface area contributed by atoms with E-state index in [1.807, 2.05) is 0 Å². The minimum atomic E-state index is 0.758. The zero-order chi connectivity index (χ0) is 8.39. The maximum atomic E-state index is 5.33. The van der Waals surface area contributed by atoms with Crippen LogP contribution < -0.4 is 5.32 Å². The number of rotatable bonds is 1.